The molecule has 0 unspecified atom stereocenters. The molecule has 0 saturated carbocycles. The molecule has 0 bridgehead atoms. The highest BCUT2D eigenvalue weighted by molar-refractivity contribution is 6.32. The van der Waals surface area contributed by atoms with E-state index in [1.165, 1.54) is 0 Å². The quantitative estimate of drug-likeness (QED) is 0.719. The molecule has 62 valence electrons. The number of benzene rings is 1. The van der Waals surface area contributed by atoms with Crippen LogP contribution >= 0.6 is 11.6 Å². The molecule has 0 amide bonds. The average Bonchev–Trinajstić information content (AvgIpc) is 2.10. The maximum absolute atomic E-state index is 8.67. The van der Waals surface area contributed by atoms with Crippen molar-refractivity contribution in [3.63, 3.8) is 0 Å². The predicted molar refractivity (Wildman–Crippen MR) is 48.8 cm³/mol. The normalized spacial score (nSPS) is 9.50. The van der Waals surface area contributed by atoms with Gasteiger partial charge in [0.05, 0.1) is 11.6 Å². The summed E-state index contributed by atoms with van der Waals surface area (Å²) in [5.74, 6) is 0. The van der Waals surface area contributed by atoms with E-state index in [0.29, 0.717) is 17.1 Å². The maximum Gasteiger partial charge on any atom is 0.0994 e. The second kappa shape index (κ2) is 3.57. The van der Waals surface area contributed by atoms with E-state index in [9.17, 15) is 0 Å². The van der Waals surface area contributed by atoms with Crippen molar-refractivity contribution in [3.05, 3.63) is 33.8 Å². The Morgan fingerprint density at radius 3 is 2.75 bits per heavy atom. The molecule has 0 aliphatic heterocycles. The predicted octanol–water partition coefficient (Wildman–Crippen LogP) is 1.98. The van der Waals surface area contributed by atoms with Gasteiger partial charge in [-0.25, -0.2) is 0 Å². The van der Waals surface area contributed by atoms with Gasteiger partial charge in [0, 0.05) is 11.6 Å². The minimum absolute atomic E-state index is 0.408. The van der Waals surface area contributed by atoms with Crippen LogP contribution in [0.3, 0.4) is 0 Å². The van der Waals surface area contributed by atoms with Gasteiger partial charge in [-0.1, -0.05) is 17.7 Å². The Hall–Kier alpha value is -1.04. The molecule has 0 spiro atoms. The summed E-state index contributed by atoms with van der Waals surface area (Å²) in [7, 11) is 0. The molecule has 1 aromatic carbocycles. The van der Waals surface area contributed by atoms with Crippen LogP contribution in [-0.2, 0) is 6.54 Å². The zero-order valence-corrected chi connectivity index (χ0v) is 7.52. The summed E-state index contributed by atoms with van der Waals surface area (Å²) in [5, 5.41) is 9.27. The van der Waals surface area contributed by atoms with E-state index in [4.69, 9.17) is 22.6 Å². The van der Waals surface area contributed by atoms with Gasteiger partial charge < -0.3 is 5.73 Å². The number of rotatable bonds is 1. The lowest BCUT2D eigenvalue weighted by molar-refractivity contribution is 1.06. The number of hydrogen-bond donors (Lipinski definition) is 1. The van der Waals surface area contributed by atoms with Crippen LogP contribution in [0.1, 0.15) is 16.7 Å². The molecule has 2 N–H and O–H groups in total. The lowest BCUT2D eigenvalue weighted by atomic mass is 10.1. The molecule has 0 aromatic heterocycles. The van der Waals surface area contributed by atoms with E-state index in [1.807, 2.05) is 6.92 Å². The first kappa shape index (κ1) is 9.05. The first-order valence-corrected chi connectivity index (χ1v) is 3.96. The second-order valence-electron chi connectivity index (χ2n) is 2.53. The van der Waals surface area contributed by atoms with E-state index in [1.54, 1.807) is 12.1 Å². The molecular weight excluding hydrogens is 172 g/mol. The summed E-state index contributed by atoms with van der Waals surface area (Å²) < 4.78 is 0. The molecule has 0 aliphatic carbocycles. The van der Waals surface area contributed by atoms with Gasteiger partial charge in [-0.2, -0.15) is 5.26 Å². The number of halogens is 1. The zero-order valence-electron chi connectivity index (χ0n) is 6.76. The van der Waals surface area contributed by atoms with Gasteiger partial charge in [0.2, 0.25) is 0 Å². The Morgan fingerprint density at radius 2 is 2.25 bits per heavy atom. The molecule has 3 heteroatoms. The minimum atomic E-state index is 0.408. The molecule has 12 heavy (non-hydrogen) atoms. The summed E-state index contributed by atoms with van der Waals surface area (Å²) in [6, 6.07) is 5.59. The first-order chi connectivity index (χ1) is 5.70. The summed E-state index contributed by atoms with van der Waals surface area (Å²) in [6.45, 7) is 2.23. The van der Waals surface area contributed by atoms with Crippen molar-refractivity contribution < 1.29 is 0 Å². The summed E-state index contributed by atoms with van der Waals surface area (Å²) in [4.78, 5) is 0. The van der Waals surface area contributed by atoms with Gasteiger partial charge in [0.1, 0.15) is 0 Å². The molecule has 1 aromatic rings. The lowest BCUT2D eigenvalue weighted by Crippen LogP contribution is -1.99. The van der Waals surface area contributed by atoms with Crippen LogP contribution in [0.5, 0.6) is 0 Å². The van der Waals surface area contributed by atoms with Crippen molar-refractivity contribution in [2.24, 2.45) is 5.73 Å². The van der Waals surface area contributed by atoms with Crippen LogP contribution < -0.4 is 5.73 Å². The van der Waals surface area contributed by atoms with Gasteiger partial charge in [0.25, 0.3) is 0 Å². The van der Waals surface area contributed by atoms with Crippen molar-refractivity contribution in [2.75, 3.05) is 0 Å². The fraction of sp³-hybridized carbons (Fsp3) is 0.222. The van der Waals surface area contributed by atoms with Crippen LogP contribution in [0, 0.1) is 18.3 Å². The highest BCUT2D eigenvalue weighted by Gasteiger charge is 2.05. The smallest absolute Gasteiger partial charge is 0.0994 e. The monoisotopic (exact) mass is 180 g/mol. The van der Waals surface area contributed by atoms with Crippen LogP contribution in [-0.4, -0.2) is 0 Å². The maximum atomic E-state index is 8.67. The molecule has 1 rings (SSSR count). The highest BCUT2D eigenvalue weighted by Crippen LogP contribution is 2.22. The van der Waals surface area contributed by atoms with Gasteiger partial charge in [0.15, 0.2) is 0 Å². The first-order valence-electron chi connectivity index (χ1n) is 3.59. The Labute approximate surface area is 76.6 Å². The molecular formula is C9H9ClN2. The number of hydrogen-bond acceptors (Lipinski definition) is 2. The second-order valence-corrected chi connectivity index (χ2v) is 2.91. The number of nitrogens with zero attached hydrogens (tertiary/aromatic N) is 1. The highest BCUT2D eigenvalue weighted by atomic mass is 35.5. The van der Waals surface area contributed by atoms with Crippen molar-refractivity contribution in [1.29, 1.82) is 5.26 Å². The van der Waals surface area contributed by atoms with Crippen LogP contribution in [0.15, 0.2) is 12.1 Å². The third kappa shape index (κ3) is 1.42. The molecule has 0 aliphatic rings. The fourth-order valence-electron chi connectivity index (χ4n) is 1.02. The van der Waals surface area contributed by atoms with E-state index in [2.05, 4.69) is 6.07 Å². The van der Waals surface area contributed by atoms with E-state index in [0.717, 1.165) is 11.1 Å². The fourth-order valence-corrected chi connectivity index (χ4v) is 1.26. The third-order valence-corrected chi connectivity index (χ3v) is 2.33. The topological polar surface area (TPSA) is 49.8 Å². The molecule has 0 radical (unpaired) electrons. The summed E-state index contributed by atoms with van der Waals surface area (Å²) in [6.07, 6.45) is 0. The van der Waals surface area contributed by atoms with Gasteiger partial charge in [-0.05, 0) is 24.1 Å². The Morgan fingerprint density at radius 1 is 1.58 bits per heavy atom. The SMILES string of the molecule is Cc1c(C#N)ccc(CN)c1Cl. The van der Waals surface area contributed by atoms with Crippen molar-refractivity contribution in [2.45, 2.75) is 13.5 Å². The van der Waals surface area contributed by atoms with E-state index >= 15 is 0 Å². The molecule has 0 saturated heterocycles. The number of nitrogens with two attached hydrogens (primary N) is 1. The van der Waals surface area contributed by atoms with Gasteiger partial charge >= 0.3 is 0 Å². The molecule has 0 fully saturated rings. The van der Waals surface area contributed by atoms with E-state index in [-0.39, 0.29) is 0 Å². The van der Waals surface area contributed by atoms with Crippen LogP contribution in [0.2, 0.25) is 5.02 Å². The van der Waals surface area contributed by atoms with Crippen molar-refractivity contribution in [1.82, 2.24) is 0 Å². The largest absolute Gasteiger partial charge is 0.326 e. The Bertz CT molecular complexity index is 339. The Balaban J connectivity index is 3.32. The van der Waals surface area contributed by atoms with E-state index < -0.39 is 0 Å². The minimum Gasteiger partial charge on any atom is -0.326 e. The zero-order chi connectivity index (χ0) is 9.14. The van der Waals surface area contributed by atoms with Gasteiger partial charge in [-0.15, -0.1) is 0 Å². The van der Waals surface area contributed by atoms with Crippen molar-refractivity contribution >= 4 is 11.6 Å². The third-order valence-electron chi connectivity index (χ3n) is 1.81. The molecule has 2 nitrogen and oxygen atoms in total. The van der Waals surface area contributed by atoms with Crippen molar-refractivity contribution in [3.8, 4) is 6.07 Å². The molecule has 0 atom stereocenters. The molecule has 0 heterocycles. The average molecular weight is 181 g/mol. The van der Waals surface area contributed by atoms with Crippen LogP contribution in [0.4, 0.5) is 0 Å². The summed E-state index contributed by atoms with van der Waals surface area (Å²) in [5.41, 5.74) is 7.74. The van der Waals surface area contributed by atoms with Crippen LogP contribution in [0.25, 0.3) is 0 Å². The summed E-state index contributed by atoms with van der Waals surface area (Å²) >= 11 is 5.95. The standard InChI is InChI=1S/C9H9ClN2/c1-6-7(4-11)2-3-8(5-12)9(6)10/h2-3H,5,12H2,1H3. The number of nitriles is 1. The van der Waals surface area contributed by atoms with Gasteiger partial charge in [-0.3, -0.25) is 0 Å². The lowest BCUT2D eigenvalue weighted by Gasteiger charge is -2.04. The Kier molecular flexibility index (Phi) is 2.69.